The van der Waals surface area contributed by atoms with E-state index in [0.717, 1.165) is 23.1 Å². The van der Waals surface area contributed by atoms with Crippen LogP contribution in [0.5, 0.6) is 0 Å². The summed E-state index contributed by atoms with van der Waals surface area (Å²) in [5.41, 5.74) is 0. The number of carboxylic acid groups (broad SMARTS) is 1. The molecule has 10 heteroatoms. The van der Waals surface area contributed by atoms with Gasteiger partial charge in [-0.25, -0.2) is 0 Å². The van der Waals surface area contributed by atoms with Crippen LogP contribution in [0.25, 0.3) is 0 Å². The minimum absolute atomic E-state index is 0.0966. The summed E-state index contributed by atoms with van der Waals surface area (Å²) in [6.07, 6.45) is 0. The highest BCUT2D eigenvalue weighted by Crippen LogP contribution is 2.25. The van der Waals surface area contributed by atoms with Crippen molar-refractivity contribution in [3.05, 3.63) is 0 Å². The van der Waals surface area contributed by atoms with Crippen molar-refractivity contribution < 1.29 is 14.7 Å². The maximum absolute atomic E-state index is 11.4. The predicted molar refractivity (Wildman–Crippen MR) is 69.8 cm³/mol. The second-order valence-electron chi connectivity index (χ2n) is 2.75. The number of carbonyl (C=O) groups excluding carboxylic acids is 1. The first-order valence-electron chi connectivity index (χ1n) is 4.54. The Balaban J connectivity index is 2.36. The van der Waals surface area contributed by atoms with Gasteiger partial charge < -0.3 is 5.11 Å². The van der Waals surface area contributed by atoms with E-state index >= 15 is 0 Å². The van der Waals surface area contributed by atoms with Crippen LogP contribution in [0.3, 0.4) is 0 Å². The van der Waals surface area contributed by atoms with E-state index in [1.807, 2.05) is 6.07 Å². The molecule has 1 rings (SSSR count). The largest absolute Gasteiger partial charge is 0.481 e. The Labute approximate surface area is 115 Å². The third-order valence-corrected chi connectivity index (χ3v) is 4.13. The Morgan fingerprint density at radius 1 is 1.44 bits per heavy atom. The number of aromatic nitrogens is 2. The molecule has 0 atom stereocenters. The zero-order valence-electron chi connectivity index (χ0n) is 8.95. The summed E-state index contributed by atoms with van der Waals surface area (Å²) >= 11 is 3.36. The second kappa shape index (κ2) is 7.91. The third kappa shape index (κ3) is 5.85. The van der Waals surface area contributed by atoms with Crippen molar-refractivity contribution in [1.82, 2.24) is 10.2 Å². The number of aliphatic carboxylic acids is 1. The van der Waals surface area contributed by atoms with Crippen molar-refractivity contribution in [3.8, 4) is 6.07 Å². The Morgan fingerprint density at radius 3 is 2.89 bits per heavy atom. The van der Waals surface area contributed by atoms with Crippen LogP contribution < -0.4 is 5.32 Å². The molecule has 0 unspecified atom stereocenters. The van der Waals surface area contributed by atoms with E-state index in [9.17, 15) is 9.59 Å². The minimum Gasteiger partial charge on any atom is -0.481 e. The van der Waals surface area contributed by atoms with Crippen molar-refractivity contribution in [2.75, 3.05) is 22.6 Å². The average molecular weight is 304 g/mol. The molecule has 0 saturated heterocycles. The number of carboxylic acids is 1. The molecule has 7 nitrogen and oxygen atoms in total. The fourth-order valence-electron chi connectivity index (χ4n) is 0.787. The molecule has 2 N–H and O–H groups in total. The van der Waals surface area contributed by atoms with Crippen LogP contribution in [-0.2, 0) is 9.59 Å². The molecule has 0 aliphatic heterocycles. The Hall–Kier alpha value is -1.31. The summed E-state index contributed by atoms with van der Waals surface area (Å²) in [5.74, 6) is -0.871. The summed E-state index contributed by atoms with van der Waals surface area (Å²) in [4.78, 5) is 21.7. The quantitative estimate of drug-likeness (QED) is 0.434. The standard InChI is InChI=1S/C8H8N4O3S3/c9-1-2-16-3-5(13)10-7-11-12-8(18-7)17-4-6(14)15/h2-4H2,(H,14,15)(H,10,11,13). The molecule has 0 bridgehead atoms. The minimum atomic E-state index is -0.936. The van der Waals surface area contributed by atoms with Gasteiger partial charge in [0.2, 0.25) is 11.0 Å². The van der Waals surface area contributed by atoms with Crippen LogP contribution in [0.1, 0.15) is 0 Å². The first kappa shape index (κ1) is 14.7. The maximum Gasteiger partial charge on any atom is 0.313 e. The maximum atomic E-state index is 11.4. The van der Waals surface area contributed by atoms with Crippen molar-refractivity contribution in [2.45, 2.75) is 4.34 Å². The number of nitrogens with zero attached hydrogens (tertiary/aromatic N) is 3. The summed E-state index contributed by atoms with van der Waals surface area (Å²) in [5, 5.41) is 27.1. The Bertz CT molecular complexity index is 470. The summed E-state index contributed by atoms with van der Waals surface area (Å²) in [6, 6.07) is 1.92. The molecular formula is C8H8N4O3S3. The van der Waals surface area contributed by atoms with E-state index < -0.39 is 5.97 Å². The molecule has 0 radical (unpaired) electrons. The van der Waals surface area contributed by atoms with Gasteiger partial charge in [0.25, 0.3) is 0 Å². The van der Waals surface area contributed by atoms with Crippen LogP contribution in [-0.4, -0.2) is 44.4 Å². The van der Waals surface area contributed by atoms with Gasteiger partial charge in [-0.3, -0.25) is 14.9 Å². The second-order valence-corrected chi connectivity index (χ2v) is 5.94. The number of hydrogen-bond donors (Lipinski definition) is 2. The number of carbonyl (C=O) groups is 2. The molecule has 1 aromatic rings. The number of anilines is 1. The van der Waals surface area contributed by atoms with Crippen molar-refractivity contribution >= 4 is 51.9 Å². The molecule has 0 aromatic carbocycles. The number of hydrogen-bond acceptors (Lipinski definition) is 8. The summed E-state index contributed by atoms with van der Waals surface area (Å²) in [6.45, 7) is 0. The zero-order chi connectivity index (χ0) is 13.4. The topological polar surface area (TPSA) is 116 Å². The molecule has 0 aliphatic rings. The predicted octanol–water partition coefficient (Wildman–Crippen LogP) is 0.910. The van der Waals surface area contributed by atoms with Crippen LogP contribution in [0.4, 0.5) is 5.13 Å². The monoisotopic (exact) mass is 304 g/mol. The molecule has 0 spiro atoms. The highest BCUT2D eigenvalue weighted by Gasteiger charge is 2.09. The van der Waals surface area contributed by atoms with Gasteiger partial charge in [0.05, 0.1) is 23.3 Å². The normalized spacial score (nSPS) is 9.72. The first-order valence-corrected chi connectivity index (χ1v) is 7.50. The SMILES string of the molecule is N#CCSCC(=O)Nc1nnc(SCC(=O)O)s1. The van der Waals surface area contributed by atoms with Gasteiger partial charge in [-0.05, 0) is 0 Å². The number of nitriles is 1. The van der Waals surface area contributed by atoms with Gasteiger partial charge in [0.15, 0.2) is 4.34 Å². The van der Waals surface area contributed by atoms with Gasteiger partial charge in [-0.15, -0.1) is 22.0 Å². The van der Waals surface area contributed by atoms with E-state index in [4.69, 9.17) is 10.4 Å². The van der Waals surface area contributed by atoms with Gasteiger partial charge in [0.1, 0.15) is 0 Å². The highest BCUT2D eigenvalue weighted by atomic mass is 32.2. The first-order chi connectivity index (χ1) is 8.61. The molecule has 0 fully saturated rings. The third-order valence-electron chi connectivity index (χ3n) is 1.37. The van der Waals surface area contributed by atoms with E-state index in [1.54, 1.807) is 0 Å². The molecule has 18 heavy (non-hydrogen) atoms. The molecule has 1 aromatic heterocycles. The lowest BCUT2D eigenvalue weighted by atomic mass is 10.7. The van der Waals surface area contributed by atoms with E-state index in [-0.39, 0.29) is 23.2 Å². The van der Waals surface area contributed by atoms with Gasteiger partial charge in [-0.2, -0.15) is 5.26 Å². The fourth-order valence-corrected chi connectivity index (χ4v) is 2.73. The highest BCUT2D eigenvalue weighted by molar-refractivity contribution is 8.01. The molecule has 0 saturated carbocycles. The average Bonchev–Trinajstić information content (AvgIpc) is 2.74. The van der Waals surface area contributed by atoms with E-state index in [1.165, 1.54) is 11.8 Å². The number of rotatable bonds is 7. The van der Waals surface area contributed by atoms with Crippen molar-refractivity contribution in [3.63, 3.8) is 0 Å². The Kier molecular flexibility index (Phi) is 6.48. The van der Waals surface area contributed by atoms with E-state index in [2.05, 4.69) is 15.5 Å². The molecular weight excluding hydrogens is 296 g/mol. The van der Waals surface area contributed by atoms with Crippen LogP contribution in [0.2, 0.25) is 0 Å². The molecule has 1 heterocycles. The number of thioether (sulfide) groups is 2. The lowest BCUT2D eigenvalue weighted by Gasteiger charge is -1.97. The molecule has 1 amide bonds. The number of nitrogens with one attached hydrogen (secondary N) is 1. The molecule has 0 aliphatic carbocycles. The lowest BCUT2D eigenvalue weighted by Crippen LogP contribution is -2.14. The van der Waals surface area contributed by atoms with Gasteiger partial charge in [0, 0.05) is 0 Å². The van der Waals surface area contributed by atoms with Gasteiger partial charge >= 0.3 is 5.97 Å². The van der Waals surface area contributed by atoms with Crippen LogP contribution in [0, 0.1) is 11.3 Å². The molecule has 96 valence electrons. The Morgan fingerprint density at radius 2 is 2.22 bits per heavy atom. The lowest BCUT2D eigenvalue weighted by molar-refractivity contribution is -0.133. The number of amides is 1. The van der Waals surface area contributed by atoms with Crippen LogP contribution in [0.15, 0.2) is 4.34 Å². The summed E-state index contributed by atoms with van der Waals surface area (Å²) in [7, 11) is 0. The zero-order valence-corrected chi connectivity index (χ0v) is 11.4. The van der Waals surface area contributed by atoms with Crippen LogP contribution >= 0.6 is 34.9 Å². The van der Waals surface area contributed by atoms with Crippen molar-refractivity contribution in [2.24, 2.45) is 0 Å². The fraction of sp³-hybridized carbons (Fsp3) is 0.375. The van der Waals surface area contributed by atoms with E-state index in [0.29, 0.717) is 9.47 Å². The summed E-state index contributed by atoms with van der Waals surface area (Å²) < 4.78 is 0.484. The van der Waals surface area contributed by atoms with Crippen molar-refractivity contribution in [1.29, 1.82) is 5.26 Å². The smallest absolute Gasteiger partial charge is 0.313 e. The van der Waals surface area contributed by atoms with Gasteiger partial charge in [-0.1, -0.05) is 23.1 Å².